The molecule has 3 nitrogen and oxygen atoms in total. The first-order valence-electron chi connectivity index (χ1n) is 6.72. The van der Waals surface area contributed by atoms with Crippen molar-refractivity contribution in [1.29, 1.82) is 0 Å². The van der Waals surface area contributed by atoms with Gasteiger partial charge in [-0.15, -0.1) is 11.8 Å². The van der Waals surface area contributed by atoms with E-state index >= 15 is 0 Å². The van der Waals surface area contributed by atoms with Gasteiger partial charge in [-0.1, -0.05) is 18.2 Å². The van der Waals surface area contributed by atoms with Gasteiger partial charge < -0.3 is 5.32 Å². The van der Waals surface area contributed by atoms with Crippen molar-refractivity contribution in [2.45, 2.75) is 24.8 Å². The molecule has 1 N–H and O–H groups in total. The van der Waals surface area contributed by atoms with Crippen molar-refractivity contribution in [2.75, 3.05) is 5.75 Å². The van der Waals surface area contributed by atoms with Crippen LogP contribution in [0.25, 0.3) is 0 Å². The van der Waals surface area contributed by atoms with E-state index < -0.39 is 0 Å². The second-order valence-corrected chi connectivity index (χ2v) is 5.71. The monoisotopic (exact) mass is 304 g/mol. The van der Waals surface area contributed by atoms with Crippen LogP contribution < -0.4 is 5.32 Å². The molecule has 1 aromatic carbocycles. The molecular weight excluding hydrogens is 287 g/mol. The summed E-state index contributed by atoms with van der Waals surface area (Å²) in [6.07, 6.45) is 0.352. The van der Waals surface area contributed by atoms with Gasteiger partial charge in [0.2, 0.25) is 5.91 Å². The summed E-state index contributed by atoms with van der Waals surface area (Å²) in [6.45, 7) is 2.33. The van der Waals surface area contributed by atoms with E-state index in [1.165, 1.54) is 17.8 Å². The average Bonchev–Trinajstić information content (AvgIpc) is 2.47. The Kier molecular flexibility index (Phi) is 5.75. The Morgan fingerprint density at radius 3 is 2.81 bits per heavy atom. The largest absolute Gasteiger partial charge is 0.350 e. The minimum Gasteiger partial charge on any atom is -0.350 e. The Hall–Kier alpha value is -1.88. The Morgan fingerprint density at radius 1 is 1.24 bits per heavy atom. The van der Waals surface area contributed by atoms with Crippen LogP contribution in [0.1, 0.15) is 17.8 Å². The summed E-state index contributed by atoms with van der Waals surface area (Å²) in [4.78, 5) is 16.6. The van der Waals surface area contributed by atoms with Crippen LogP contribution >= 0.6 is 11.8 Å². The van der Waals surface area contributed by atoms with Gasteiger partial charge in [-0.2, -0.15) is 0 Å². The van der Waals surface area contributed by atoms with E-state index in [4.69, 9.17) is 0 Å². The van der Waals surface area contributed by atoms with E-state index in [1.54, 1.807) is 18.2 Å². The van der Waals surface area contributed by atoms with Crippen LogP contribution in [0.2, 0.25) is 0 Å². The quantitative estimate of drug-likeness (QED) is 0.832. The van der Waals surface area contributed by atoms with Crippen LogP contribution in [0.3, 0.4) is 0 Å². The molecule has 0 aliphatic carbocycles. The van der Waals surface area contributed by atoms with Crippen LogP contribution in [0, 0.1) is 12.7 Å². The first-order valence-corrected chi connectivity index (χ1v) is 7.70. The first kappa shape index (κ1) is 15.5. The molecule has 1 aromatic heterocycles. The lowest BCUT2D eigenvalue weighted by atomic mass is 10.3. The molecule has 0 spiro atoms. The van der Waals surface area contributed by atoms with Gasteiger partial charge in [0, 0.05) is 22.8 Å². The van der Waals surface area contributed by atoms with E-state index in [0.29, 0.717) is 23.6 Å². The maximum Gasteiger partial charge on any atom is 0.221 e. The number of benzene rings is 1. The van der Waals surface area contributed by atoms with Crippen LogP contribution in [0.5, 0.6) is 0 Å². The molecule has 21 heavy (non-hydrogen) atoms. The molecule has 2 rings (SSSR count). The third-order valence-corrected chi connectivity index (χ3v) is 3.89. The van der Waals surface area contributed by atoms with Crippen LogP contribution in [-0.4, -0.2) is 16.6 Å². The van der Waals surface area contributed by atoms with E-state index in [0.717, 1.165) is 11.4 Å². The highest BCUT2D eigenvalue weighted by Gasteiger charge is 2.05. The highest BCUT2D eigenvalue weighted by molar-refractivity contribution is 7.99. The molecular formula is C16H17FN2OS. The molecule has 0 unspecified atom stereocenters. The minimum absolute atomic E-state index is 0.0536. The predicted octanol–water partition coefficient (Wildman–Crippen LogP) is 3.33. The SMILES string of the molecule is Cc1cccc(CNC(=O)CCSc2ccccc2F)n1. The van der Waals surface area contributed by atoms with Gasteiger partial charge in [-0.25, -0.2) is 4.39 Å². The number of hydrogen-bond donors (Lipinski definition) is 1. The molecule has 1 amide bonds. The highest BCUT2D eigenvalue weighted by Crippen LogP contribution is 2.21. The molecule has 110 valence electrons. The van der Waals surface area contributed by atoms with Gasteiger partial charge in [0.05, 0.1) is 12.2 Å². The summed E-state index contributed by atoms with van der Waals surface area (Å²) in [5, 5.41) is 2.82. The molecule has 1 heterocycles. The first-order chi connectivity index (χ1) is 10.1. The summed E-state index contributed by atoms with van der Waals surface area (Å²) in [5.41, 5.74) is 1.77. The average molecular weight is 304 g/mol. The third-order valence-electron chi connectivity index (χ3n) is 2.84. The van der Waals surface area contributed by atoms with Crippen molar-refractivity contribution in [3.05, 3.63) is 59.7 Å². The zero-order valence-electron chi connectivity index (χ0n) is 11.8. The number of carbonyl (C=O) groups is 1. The van der Waals surface area contributed by atoms with Crippen molar-refractivity contribution < 1.29 is 9.18 Å². The molecule has 0 radical (unpaired) electrons. The lowest BCUT2D eigenvalue weighted by molar-refractivity contribution is -0.120. The zero-order valence-corrected chi connectivity index (χ0v) is 12.6. The Balaban J connectivity index is 1.72. The number of pyridine rings is 1. The number of aryl methyl sites for hydroxylation is 1. The summed E-state index contributed by atoms with van der Waals surface area (Å²) in [6, 6.07) is 12.3. The van der Waals surface area contributed by atoms with Gasteiger partial charge in [-0.3, -0.25) is 9.78 Å². The van der Waals surface area contributed by atoms with Crippen molar-refractivity contribution >= 4 is 17.7 Å². The number of amides is 1. The van der Waals surface area contributed by atoms with Crippen molar-refractivity contribution in [3.63, 3.8) is 0 Å². The fourth-order valence-electron chi connectivity index (χ4n) is 1.79. The number of nitrogens with zero attached hydrogens (tertiary/aromatic N) is 1. The van der Waals surface area contributed by atoms with Crippen LogP contribution in [0.15, 0.2) is 47.4 Å². The summed E-state index contributed by atoms with van der Waals surface area (Å²) < 4.78 is 13.4. The molecule has 0 bridgehead atoms. The number of nitrogens with one attached hydrogen (secondary N) is 1. The van der Waals surface area contributed by atoms with Gasteiger partial charge in [0.15, 0.2) is 0 Å². The van der Waals surface area contributed by atoms with E-state index in [-0.39, 0.29) is 11.7 Å². The molecule has 0 aliphatic rings. The maximum atomic E-state index is 13.4. The summed E-state index contributed by atoms with van der Waals surface area (Å²) >= 11 is 1.35. The van der Waals surface area contributed by atoms with Gasteiger partial charge in [-0.05, 0) is 31.2 Å². The fraction of sp³-hybridized carbons (Fsp3) is 0.250. The van der Waals surface area contributed by atoms with Crippen LogP contribution in [0.4, 0.5) is 4.39 Å². The standard InChI is InChI=1S/C16H17FN2OS/c1-12-5-4-6-13(19-12)11-18-16(20)9-10-21-15-8-3-2-7-14(15)17/h2-8H,9-11H2,1H3,(H,18,20). The maximum absolute atomic E-state index is 13.4. The normalized spacial score (nSPS) is 10.4. The molecule has 0 atom stereocenters. The fourth-order valence-corrected chi connectivity index (χ4v) is 2.68. The van der Waals surface area contributed by atoms with Gasteiger partial charge >= 0.3 is 0 Å². The topological polar surface area (TPSA) is 42.0 Å². The summed E-state index contributed by atoms with van der Waals surface area (Å²) in [7, 11) is 0. The molecule has 0 saturated heterocycles. The molecule has 0 saturated carbocycles. The zero-order chi connectivity index (χ0) is 15.1. The number of halogens is 1. The molecule has 0 fully saturated rings. The van der Waals surface area contributed by atoms with Gasteiger partial charge in [0.1, 0.15) is 5.82 Å². The highest BCUT2D eigenvalue weighted by atomic mass is 32.2. The Bertz CT molecular complexity index is 619. The minimum atomic E-state index is -0.244. The smallest absolute Gasteiger partial charge is 0.221 e. The molecule has 2 aromatic rings. The Morgan fingerprint density at radius 2 is 2.05 bits per heavy atom. The number of aromatic nitrogens is 1. The van der Waals surface area contributed by atoms with Crippen molar-refractivity contribution in [1.82, 2.24) is 10.3 Å². The number of rotatable bonds is 6. The second-order valence-electron chi connectivity index (χ2n) is 4.58. The Labute approximate surface area is 128 Å². The van der Waals surface area contributed by atoms with E-state index in [2.05, 4.69) is 10.3 Å². The van der Waals surface area contributed by atoms with E-state index in [1.807, 2.05) is 25.1 Å². The molecule has 0 aliphatic heterocycles. The molecule has 5 heteroatoms. The number of carbonyl (C=O) groups excluding carboxylic acids is 1. The van der Waals surface area contributed by atoms with Crippen molar-refractivity contribution in [2.24, 2.45) is 0 Å². The summed E-state index contributed by atoms with van der Waals surface area (Å²) in [5.74, 6) is 0.252. The lowest BCUT2D eigenvalue weighted by Gasteiger charge is -2.06. The van der Waals surface area contributed by atoms with E-state index in [9.17, 15) is 9.18 Å². The van der Waals surface area contributed by atoms with Crippen molar-refractivity contribution in [3.8, 4) is 0 Å². The third kappa shape index (κ3) is 5.19. The van der Waals surface area contributed by atoms with Gasteiger partial charge in [0.25, 0.3) is 0 Å². The number of hydrogen-bond acceptors (Lipinski definition) is 3. The lowest BCUT2D eigenvalue weighted by Crippen LogP contribution is -2.23. The number of thioether (sulfide) groups is 1. The predicted molar refractivity (Wildman–Crippen MR) is 82.6 cm³/mol. The second kappa shape index (κ2) is 7.78. The van der Waals surface area contributed by atoms with Crippen LogP contribution in [-0.2, 0) is 11.3 Å².